The summed E-state index contributed by atoms with van der Waals surface area (Å²) in [4.78, 5) is 22.5. The van der Waals surface area contributed by atoms with Gasteiger partial charge in [0.05, 0.1) is 6.61 Å². The molecule has 0 fully saturated rings. The van der Waals surface area contributed by atoms with Crippen molar-refractivity contribution in [2.45, 2.75) is 45.7 Å². The molecular weight excluding hydrogens is 196 g/mol. The Kier molecular flexibility index (Phi) is 6.70. The lowest BCUT2D eigenvalue weighted by molar-refractivity contribution is -0.148. The number of nitrogens with one attached hydrogen (secondary N) is 1. The minimum absolute atomic E-state index is 0.0305. The van der Waals surface area contributed by atoms with Crippen LogP contribution < -0.4 is 11.1 Å². The average molecular weight is 216 g/mol. The summed E-state index contributed by atoms with van der Waals surface area (Å²) in [7, 11) is 0. The number of esters is 1. The summed E-state index contributed by atoms with van der Waals surface area (Å²) in [5, 5.41) is 2.66. The molecule has 0 saturated heterocycles. The van der Waals surface area contributed by atoms with E-state index in [4.69, 9.17) is 5.73 Å². The highest BCUT2D eigenvalue weighted by atomic mass is 16.5. The topological polar surface area (TPSA) is 81.4 Å². The van der Waals surface area contributed by atoms with E-state index in [1.807, 2.05) is 13.8 Å². The SMILES string of the molecule is CCCC(C)NC(=O)C(N)C(=O)OCC. The van der Waals surface area contributed by atoms with Crippen molar-refractivity contribution in [3.8, 4) is 0 Å². The van der Waals surface area contributed by atoms with Crippen molar-refractivity contribution in [1.82, 2.24) is 5.32 Å². The van der Waals surface area contributed by atoms with Crippen LogP contribution in [0.15, 0.2) is 0 Å². The highest BCUT2D eigenvalue weighted by molar-refractivity contribution is 6.01. The second-order valence-electron chi connectivity index (χ2n) is 3.43. The van der Waals surface area contributed by atoms with Crippen LogP contribution in [0.25, 0.3) is 0 Å². The Morgan fingerprint density at radius 2 is 2.00 bits per heavy atom. The van der Waals surface area contributed by atoms with Crippen LogP contribution in [0, 0.1) is 0 Å². The summed E-state index contributed by atoms with van der Waals surface area (Å²) < 4.78 is 4.64. The van der Waals surface area contributed by atoms with Gasteiger partial charge >= 0.3 is 5.97 Å². The van der Waals surface area contributed by atoms with Crippen LogP contribution in [-0.4, -0.2) is 30.6 Å². The second kappa shape index (κ2) is 7.23. The number of carbonyl (C=O) groups excluding carboxylic acids is 2. The van der Waals surface area contributed by atoms with E-state index in [2.05, 4.69) is 10.1 Å². The average Bonchev–Trinajstić information content (AvgIpc) is 2.17. The highest BCUT2D eigenvalue weighted by Gasteiger charge is 2.23. The molecule has 0 saturated carbocycles. The van der Waals surface area contributed by atoms with Crippen molar-refractivity contribution in [3.63, 3.8) is 0 Å². The number of rotatable bonds is 6. The lowest BCUT2D eigenvalue weighted by atomic mass is 10.2. The number of nitrogens with two attached hydrogens (primary N) is 1. The van der Waals surface area contributed by atoms with E-state index >= 15 is 0 Å². The fourth-order valence-corrected chi connectivity index (χ4v) is 1.18. The monoisotopic (exact) mass is 216 g/mol. The Morgan fingerprint density at radius 1 is 1.40 bits per heavy atom. The van der Waals surface area contributed by atoms with Gasteiger partial charge < -0.3 is 15.8 Å². The van der Waals surface area contributed by atoms with Gasteiger partial charge in [0.25, 0.3) is 0 Å². The van der Waals surface area contributed by atoms with E-state index in [1.165, 1.54) is 0 Å². The molecule has 0 radical (unpaired) electrons. The van der Waals surface area contributed by atoms with Gasteiger partial charge in [-0.05, 0) is 20.3 Å². The molecule has 5 heteroatoms. The molecule has 0 aromatic carbocycles. The van der Waals surface area contributed by atoms with E-state index in [9.17, 15) is 9.59 Å². The summed E-state index contributed by atoms with van der Waals surface area (Å²) in [6.07, 6.45) is 1.83. The zero-order chi connectivity index (χ0) is 11.8. The first-order valence-corrected chi connectivity index (χ1v) is 5.25. The maximum absolute atomic E-state index is 11.4. The van der Waals surface area contributed by atoms with Gasteiger partial charge in [0.15, 0.2) is 6.04 Å². The van der Waals surface area contributed by atoms with Gasteiger partial charge in [0.1, 0.15) is 0 Å². The Labute approximate surface area is 90.4 Å². The van der Waals surface area contributed by atoms with Crippen molar-refractivity contribution in [2.75, 3.05) is 6.61 Å². The molecule has 0 heterocycles. The van der Waals surface area contributed by atoms with E-state index in [1.54, 1.807) is 6.92 Å². The molecule has 2 unspecified atom stereocenters. The molecule has 15 heavy (non-hydrogen) atoms. The van der Waals surface area contributed by atoms with Crippen LogP contribution in [0.2, 0.25) is 0 Å². The first-order valence-electron chi connectivity index (χ1n) is 5.25. The number of carbonyl (C=O) groups is 2. The normalized spacial score (nSPS) is 14.1. The molecule has 0 aliphatic rings. The molecule has 88 valence electrons. The quantitative estimate of drug-likeness (QED) is 0.490. The molecule has 0 aliphatic carbocycles. The standard InChI is InChI=1S/C10H20N2O3/c1-4-6-7(3)12-9(13)8(11)10(14)15-5-2/h7-8H,4-6,11H2,1-3H3,(H,12,13). The molecule has 3 N–H and O–H groups in total. The third-order valence-electron chi connectivity index (χ3n) is 1.93. The molecule has 5 nitrogen and oxygen atoms in total. The van der Waals surface area contributed by atoms with Crippen LogP contribution in [0.1, 0.15) is 33.6 Å². The maximum atomic E-state index is 11.4. The third kappa shape index (κ3) is 5.37. The van der Waals surface area contributed by atoms with E-state index in [0.29, 0.717) is 0 Å². The van der Waals surface area contributed by atoms with Gasteiger partial charge in [0.2, 0.25) is 5.91 Å². The number of ether oxygens (including phenoxy) is 1. The van der Waals surface area contributed by atoms with Gasteiger partial charge in [-0.25, -0.2) is 4.79 Å². The highest BCUT2D eigenvalue weighted by Crippen LogP contribution is 1.96. The van der Waals surface area contributed by atoms with Crippen LogP contribution in [0.3, 0.4) is 0 Å². The lowest BCUT2D eigenvalue weighted by Crippen LogP contribution is -2.49. The fraction of sp³-hybridized carbons (Fsp3) is 0.800. The molecule has 0 aromatic rings. The van der Waals surface area contributed by atoms with E-state index in [-0.39, 0.29) is 12.6 Å². The Morgan fingerprint density at radius 3 is 2.47 bits per heavy atom. The van der Waals surface area contributed by atoms with Crippen LogP contribution in [0.4, 0.5) is 0 Å². The summed E-state index contributed by atoms with van der Waals surface area (Å²) in [6.45, 7) is 5.79. The maximum Gasteiger partial charge on any atom is 0.332 e. The van der Waals surface area contributed by atoms with Crippen molar-refractivity contribution in [1.29, 1.82) is 0 Å². The van der Waals surface area contributed by atoms with Crippen molar-refractivity contribution in [2.24, 2.45) is 5.73 Å². The minimum atomic E-state index is -1.22. The Hall–Kier alpha value is -1.10. The smallest absolute Gasteiger partial charge is 0.332 e. The molecule has 0 rings (SSSR count). The fourth-order valence-electron chi connectivity index (χ4n) is 1.18. The molecule has 1 amide bonds. The zero-order valence-electron chi connectivity index (χ0n) is 9.58. The number of amides is 1. The lowest BCUT2D eigenvalue weighted by Gasteiger charge is -2.15. The zero-order valence-corrected chi connectivity index (χ0v) is 9.58. The Balaban J connectivity index is 4.03. The van der Waals surface area contributed by atoms with E-state index < -0.39 is 17.9 Å². The molecule has 0 aliphatic heterocycles. The predicted molar refractivity (Wildman–Crippen MR) is 57.1 cm³/mol. The van der Waals surface area contributed by atoms with Gasteiger partial charge in [-0.15, -0.1) is 0 Å². The number of hydrogen-bond acceptors (Lipinski definition) is 4. The Bertz CT molecular complexity index is 219. The summed E-state index contributed by atoms with van der Waals surface area (Å²) in [6, 6.07) is -1.19. The largest absolute Gasteiger partial charge is 0.464 e. The van der Waals surface area contributed by atoms with Crippen LogP contribution >= 0.6 is 0 Å². The molecule has 0 spiro atoms. The van der Waals surface area contributed by atoms with Gasteiger partial charge in [-0.1, -0.05) is 13.3 Å². The van der Waals surface area contributed by atoms with Crippen LogP contribution in [0.5, 0.6) is 0 Å². The first kappa shape index (κ1) is 13.9. The third-order valence-corrected chi connectivity index (χ3v) is 1.93. The molecule has 0 aromatic heterocycles. The second-order valence-corrected chi connectivity index (χ2v) is 3.43. The summed E-state index contributed by atoms with van der Waals surface area (Å²) in [5.41, 5.74) is 5.40. The van der Waals surface area contributed by atoms with Gasteiger partial charge in [-0.2, -0.15) is 0 Å². The van der Waals surface area contributed by atoms with Crippen LogP contribution in [-0.2, 0) is 14.3 Å². The van der Waals surface area contributed by atoms with Crippen molar-refractivity contribution in [3.05, 3.63) is 0 Å². The van der Waals surface area contributed by atoms with Gasteiger partial charge in [-0.3, -0.25) is 4.79 Å². The predicted octanol–water partition coefficient (Wildman–Crippen LogP) is 0.182. The molecule has 2 atom stereocenters. The summed E-state index contributed by atoms with van der Waals surface area (Å²) in [5.74, 6) is -1.16. The van der Waals surface area contributed by atoms with Gasteiger partial charge in [0, 0.05) is 6.04 Å². The molecular formula is C10H20N2O3. The molecule has 0 bridgehead atoms. The summed E-state index contributed by atoms with van der Waals surface area (Å²) >= 11 is 0. The number of hydrogen-bond donors (Lipinski definition) is 2. The minimum Gasteiger partial charge on any atom is -0.464 e. The van der Waals surface area contributed by atoms with Crippen molar-refractivity contribution >= 4 is 11.9 Å². The van der Waals surface area contributed by atoms with E-state index in [0.717, 1.165) is 12.8 Å². The van der Waals surface area contributed by atoms with Crippen molar-refractivity contribution < 1.29 is 14.3 Å². The first-order chi connectivity index (χ1) is 7.02.